The Morgan fingerprint density at radius 2 is 1.21 bits per heavy atom. The number of hydrogen-bond donors (Lipinski definition) is 3. The predicted octanol–water partition coefficient (Wildman–Crippen LogP) is 6.98. The van der Waals surface area contributed by atoms with Crippen LogP contribution < -0.4 is 19.5 Å². The molecule has 3 rings (SSSR count). The second-order valence-corrected chi connectivity index (χ2v) is 14.0. The summed E-state index contributed by atoms with van der Waals surface area (Å²) in [5.74, 6) is 0.889. The van der Waals surface area contributed by atoms with E-state index in [0.29, 0.717) is 17.1 Å². The Bertz CT molecular complexity index is 1500. The highest BCUT2D eigenvalue weighted by Crippen LogP contribution is 2.37. The lowest BCUT2D eigenvalue weighted by Crippen LogP contribution is -2.19. The van der Waals surface area contributed by atoms with Gasteiger partial charge < -0.3 is 10.1 Å². The number of anilines is 4. The topological polar surface area (TPSA) is 114 Å². The van der Waals surface area contributed by atoms with Crippen LogP contribution in [0, 0.1) is 0 Å². The van der Waals surface area contributed by atoms with E-state index in [2.05, 4.69) is 28.6 Å². The summed E-state index contributed by atoms with van der Waals surface area (Å²) in [5.41, 5.74) is 4.20. The molecule has 0 aliphatic heterocycles. The van der Waals surface area contributed by atoms with Crippen LogP contribution in [0.15, 0.2) is 59.5 Å². The smallest absolute Gasteiger partial charge is 0.262 e. The average Bonchev–Trinajstić information content (AvgIpc) is 2.84. The summed E-state index contributed by atoms with van der Waals surface area (Å²) in [6, 6.07) is 15.8. The molecule has 0 aromatic heterocycles. The Balaban J connectivity index is 2.08. The molecule has 0 amide bonds. The van der Waals surface area contributed by atoms with Crippen molar-refractivity contribution in [2.75, 3.05) is 28.1 Å². The number of hydrogen-bond acceptors (Lipinski definition) is 6. The van der Waals surface area contributed by atoms with Crippen LogP contribution in [0.25, 0.3) is 0 Å². The molecule has 0 aliphatic carbocycles. The molecule has 0 spiro atoms. The molecule has 3 aromatic rings. The Labute approximate surface area is 233 Å². The molecule has 10 heteroatoms. The molecule has 0 heterocycles. The van der Waals surface area contributed by atoms with Crippen LogP contribution in [0.2, 0.25) is 0 Å². The Morgan fingerprint density at radius 1 is 0.667 bits per heavy atom. The van der Waals surface area contributed by atoms with Crippen molar-refractivity contribution in [3.63, 3.8) is 0 Å². The molecule has 3 N–H and O–H groups in total. The van der Waals surface area contributed by atoms with Crippen LogP contribution in [0.1, 0.15) is 76.0 Å². The van der Waals surface area contributed by atoms with Gasteiger partial charge in [-0.05, 0) is 76.9 Å². The van der Waals surface area contributed by atoms with Gasteiger partial charge in [-0.2, -0.15) is 0 Å². The van der Waals surface area contributed by atoms with Crippen LogP contribution in [-0.2, 0) is 20.0 Å². The van der Waals surface area contributed by atoms with E-state index in [-0.39, 0.29) is 34.0 Å². The van der Waals surface area contributed by atoms with Gasteiger partial charge in [-0.25, -0.2) is 16.8 Å². The van der Waals surface area contributed by atoms with Crippen LogP contribution in [-0.4, -0.2) is 30.2 Å². The lowest BCUT2D eigenvalue weighted by Gasteiger charge is -2.23. The van der Waals surface area contributed by atoms with Crippen molar-refractivity contribution >= 4 is 42.8 Å². The number of sulfonamides is 2. The second kappa shape index (κ2) is 11.9. The molecule has 8 nitrogen and oxygen atoms in total. The third kappa shape index (κ3) is 7.67. The van der Waals surface area contributed by atoms with Crippen molar-refractivity contribution in [1.29, 1.82) is 0 Å². The van der Waals surface area contributed by atoms with E-state index in [1.165, 1.54) is 6.07 Å². The Hall–Kier alpha value is -3.24. The SMILES string of the molecule is COc1ccc(Nc2ccc(NS(=O)(=O)c3c(C(C)C)cc(C(C)C)cc3C(C)C)cc2NS(C)(=O)=O)cc1. The lowest BCUT2D eigenvalue weighted by molar-refractivity contribution is 0.415. The zero-order valence-corrected chi connectivity index (χ0v) is 25.4. The van der Waals surface area contributed by atoms with Gasteiger partial charge in [0.1, 0.15) is 5.75 Å². The predicted molar refractivity (Wildman–Crippen MR) is 161 cm³/mol. The maximum Gasteiger partial charge on any atom is 0.262 e. The first-order valence-electron chi connectivity index (χ1n) is 12.8. The zero-order valence-electron chi connectivity index (χ0n) is 23.8. The summed E-state index contributed by atoms with van der Waals surface area (Å²) in [5, 5.41) is 3.17. The highest BCUT2D eigenvalue weighted by atomic mass is 32.2. The standard InChI is InChI=1S/C29H39N3O5S2/c1-18(2)21-15-25(19(3)4)29(26(16-21)20(5)6)39(35,36)31-23-11-14-27(28(17-23)32-38(8,33)34)30-22-9-12-24(37-7)13-10-22/h9-20,30-32H,1-8H3. The third-order valence-electron chi connectivity index (χ3n) is 6.28. The minimum absolute atomic E-state index is 0.0219. The van der Waals surface area contributed by atoms with Gasteiger partial charge in [0, 0.05) is 5.69 Å². The van der Waals surface area contributed by atoms with E-state index in [4.69, 9.17) is 4.74 Å². The van der Waals surface area contributed by atoms with E-state index in [9.17, 15) is 16.8 Å². The number of rotatable bonds is 11. The number of methoxy groups -OCH3 is 1. The fourth-order valence-corrected chi connectivity index (χ4v) is 6.55. The quantitative estimate of drug-likeness (QED) is 0.228. The van der Waals surface area contributed by atoms with Gasteiger partial charge in [0.25, 0.3) is 10.0 Å². The highest BCUT2D eigenvalue weighted by Gasteiger charge is 2.27. The lowest BCUT2D eigenvalue weighted by atomic mass is 9.89. The van der Waals surface area contributed by atoms with Crippen molar-refractivity contribution < 1.29 is 21.6 Å². The van der Waals surface area contributed by atoms with Gasteiger partial charge in [0.15, 0.2) is 0 Å². The van der Waals surface area contributed by atoms with E-state index < -0.39 is 20.0 Å². The molecule has 0 saturated heterocycles. The van der Waals surface area contributed by atoms with Crippen LogP contribution in [0.5, 0.6) is 5.75 Å². The molecule has 3 aromatic carbocycles. The van der Waals surface area contributed by atoms with Gasteiger partial charge in [-0.1, -0.05) is 53.7 Å². The largest absolute Gasteiger partial charge is 0.497 e. The zero-order chi connectivity index (χ0) is 29.1. The summed E-state index contributed by atoms with van der Waals surface area (Å²) in [6.07, 6.45) is 1.04. The van der Waals surface area contributed by atoms with Gasteiger partial charge >= 0.3 is 0 Å². The molecule has 39 heavy (non-hydrogen) atoms. The molecular weight excluding hydrogens is 534 g/mol. The first kappa shape index (κ1) is 30.3. The fourth-order valence-electron chi connectivity index (χ4n) is 4.24. The fraction of sp³-hybridized carbons (Fsp3) is 0.379. The minimum Gasteiger partial charge on any atom is -0.497 e. The first-order valence-corrected chi connectivity index (χ1v) is 16.2. The molecule has 0 radical (unpaired) electrons. The Kier molecular flexibility index (Phi) is 9.23. The Morgan fingerprint density at radius 3 is 1.67 bits per heavy atom. The third-order valence-corrected chi connectivity index (χ3v) is 8.39. The van der Waals surface area contributed by atoms with Crippen molar-refractivity contribution in [2.24, 2.45) is 0 Å². The number of benzene rings is 3. The summed E-state index contributed by atoms with van der Waals surface area (Å²) in [6.45, 7) is 12.1. The van der Waals surface area contributed by atoms with Crippen molar-refractivity contribution in [1.82, 2.24) is 0 Å². The van der Waals surface area contributed by atoms with Gasteiger partial charge in [-0.15, -0.1) is 0 Å². The van der Waals surface area contributed by atoms with Gasteiger partial charge in [0.2, 0.25) is 10.0 Å². The van der Waals surface area contributed by atoms with Gasteiger partial charge in [-0.3, -0.25) is 9.44 Å². The molecule has 0 atom stereocenters. The summed E-state index contributed by atoms with van der Waals surface area (Å²) < 4.78 is 62.4. The van der Waals surface area contributed by atoms with Crippen LogP contribution >= 0.6 is 0 Å². The van der Waals surface area contributed by atoms with Crippen LogP contribution in [0.3, 0.4) is 0 Å². The normalized spacial score (nSPS) is 12.2. The average molecular weight is 574 g/mol. The first-order chi connectivity index (χ1) is 18.1. The molecule has 0 fully saturated rings. The highest BCUT2D eigenvalue weighted by molar-refractivity contribution is 7.93. The maximum absolute atomic E-state index is 13.9. The summed E-state index contributed by atoms with van der Waals surface area (Å²) in [7, 11) is -6.09. The molecule has 0 aliphatic rings. The van der Waals surface area contributed by atoms with E-state index in [1.54, 1.807) is 43.5 Å². The van der Waals surface area contributed by atoms with Crippen molar-refractivity contribution in [2.45, 2.75) is 64.2 Å². The summed E-state index contributed by atoms with van der Waals surface area (Å²) in [4.78, 5) is 0.273. The minimum atomic E-state index is -4.01. The number of nitrogens with one attached hydrogen (secondary N) is 3. The number of ether oxygens (including phenoxy) is 1. The second-order valence-electron chi connectivity index (χ2n) is 10.6. The van der Waals surface area contributed by atoms with E-state index in [1.807, 2.05) is 39.8 Å². The van der Waals surface area contributed by atoms with Gasteiger partial charge in [0.05, 0.1) is 35.3 Å². The monoisotopic (exact) mass is 573 g/mol. The molecule has 0 bridgehead atoms. The molecular formula is C29H39N3O5S2. The van der Waals surface area contributed by atoms with Crippen LogP contribution in [0.4, 0.5) is 22.7 Å². The molecule has 0 unspecified atom stereocenters. The van der Waals surface area contributed by atoms with E-state index >= 15 is 0 Å². The van der Waals surface area contributed by atoms with Crippen molar-refractivity contribution in [3.8, 4) is 5.75 Å². The molecule has 0 saturated carbocycles. The molecule has 212 valence electrons. The maximum atomic E-state index is 13.9. The van der Waals surface area contributed by atoms with E-state index in [0.717, 1.165) is 22.9 Å². The summed E-state index contributed by atoms with van der Waals surface area (Å²) >= 11 is 0. The van der Waals surface area contributed by atoms with Crippen molar-refractivity contribution in [3.05, 3.63) is 71.3 Å².